The van der Waals surface area contributed by atoms with Gasteiger partial charge in [0, 0.05) is 54.8 Å². The number of hydrogen-bond acceptors (Lipinski definition) is 9. The lowest BCUT2D eigenvalue weighted by atomic mass is 10.1. The van der Waals surface area contributed by atoms with Crippen LogP contribution in [0.2, 0.25) is 5.02 Å². The van der Waals surface area contributed by atoms with E-state index >= 15 is 0 Å². The monoisotopic (exact) mass is 552 g/mol. The number of nitrogens with one attached hydrogen (secondary N) is 1. The SMILES string of the molecule is C=CC(=O)Nc1cc2c(-c3cccc(Cl)c3)nc(N)nc2cc1OCCCN1CCN(CC(=O)OCC)CC1. The predicted octanol–water partition coefficient (Wildman–Crippen LogP) is 3.61. The Balaban J connectivity index is 1.44. The van der Waals surface area contributed by atoms with Crippen molar-refractivity contribution in [2.45, 2.75) is 13.3 Å². The average Bonchev–Trinajstić information content (AvgIpc) is 2.92. The smallest absolute Gasteiger partial charge is 0.320 e. The number of piperazine rings is 1. The third-order valence-corrected chi connectivity index (χ3v) is 6.59. The molecule has 2 heterocycles. The minimum Gasteiger partial charge on any atom is -0.491 e. The Morgan fingerprint density at radius 3 is 2.64 bits per heavy atom. The summed E-state index contributed by atoms with van der Waals surface area (Å²) in [6.45, 7) is 10.8. The number of carbonyl (C=O) groups is 2. The van der Waals surface area contributed by atoms with E-state index in [1.807, 2.05) is 19.1 Å². The van der Waals surface area contributed by atoms with Gasteiger partial charge in [0.2, 0.25) is 11.9 Å². The van der Waals surface area contributed by atoms with Gasteiger partial charge >= 0.3 is 5.97 Å². The molecule has 1 saturated heterocycles. The van der Waals surface area contributed by atoms with E-state index in [1.54, 1.807) is 24.3 Å². The van der Waals surface area contributed by atoms with Crippen LogP contribution in [0.15, 0.2) is 49.1 Å². The minimum atomic E-state index is -0.361. The van der Waals surface area contributed by atoms with E-state index in [1.165, 1.54) is 6.08 Å². The van der Waals surface area contributed by atoms with Crippen LogP contribution in [0.4, 0.5) is 11.6 Å². The molecule has 2 aromatic carbocycles. The van der Waals surface area contributed by atoms with Gasteiger partial charge in [0.1, 0.15) is 5.75 Å². The van der Waals surface area contributed by atoms with E-state index in [0.717, 1.165) is 44.7 Å². The van der Waals surface area contributed by atoms with Crippen LogP contribution in [-0.4, -0.2) is 84.1 Å². The largest absolute Gasteiger partial charge is 0.491 e. The Hall–Kier alpha value is -3.73. The van der Waals surface area contributed by atoms with Crippen molar-refractivity contribution in [3.05, 3.63) is 54.1 Å². The van der Waals surface area contributed by atoms with E-state index < -0.39 is 0 Å². The number of fused-ring (bicyclic) bond motifs is 1. The normalized spacial score (nSPS) is 14.2. The second-order valence-corrected chi connectivity index (χ2v) is 9.56. The number of nitrogens with zero attached hydrogens (tertiary/aromatic N) is 4. The standard InChI is InChI=1S/C28H33ClN6O4/c1-3-25(36)31-23-16-21-22(32-28(30)33-27(21)19-7-5-8-20(29)15-19)17-24(23)39-14-6-9-34-10-12-35(13-11-34)18-26(37)38-4-2/h3,5,7-8,15-17H,1,4,6,9-14,18H2,2H3,(H,31,36)(H2,30,32,33). The maximum Gasteiger partial charge on any atom is 0.320 e. The zero-order valence-corrected chi connectivity index (χ0v) is 22.7. The molecule has 0 spiro atoms. The van der Waals surface area contributed by atoms with Gasteiger partial charge in [0.15, 0.2) is 0 Å². The van der Waals surface area contributed by atoms with Gasteiger partial charge < -0.3 is 25.4 Å². The van der Waals surface area contributed by atoms with E-state index in [9.17, 15) is 9.59 Å². The van der Waals surface area contributed by atoms with Crippen molar-refractivity contribution in [2.24, 2.45) is 0 Å². The molecular weight excluding hydrogens is 520 g/mol. The number of rotatable bonds is 11. The first-order valence-corrected chi connectivity index (χ1v) is 13.3. The summed E-state index contributed by atoms with van der Waals surface area (Å²) in [4.78, 5) is 37.2. The molecule has 0 atom stereocenters. The second kappa shape index (κ2) is 13.4. The lowest BCUT2D eigenvalue weighted by Crippen LogP contribution is -2.48. The first-order chi connectivity index (χ1) is 18.9. The van der Waals surface area contributed by atoms with E-state index in [0.29, 0.717) is 52.8 Å². The number of esters is 1. The van der Waals surface area contributed by atoms with Crippen molar-refractivity contribution >= 4 is 46.0 Å². The number of amides is 1. The molecule has 3 aromatic rings. The Morgan fingerprint density at radius 1 is 1.15 bits per heavy atom. The molecule has 206 valence electrons. The summed E-state index contributed by atoms with van der Waals surface area (Å²) in [5.74, 6) is 0.0573. The maximum atomic E-state index is 12.2. The number of hydrogen-bond donors (Lipinski definition) is 2. The Kier molecular flexibility index (Phi) is 9.69. The number of ether oxygens (including phenoxy) is 2. The van der Waals surface area contributed by atoms with Gasteiger partial charge in [0.25, 0.3) is 0 Å². The molecule has 0 aliphatic carbocycles. The van der Waals surface area contributed by atoms with Gasteiger partial charge in [-0.1, -0.05) is 30.3 Å². The fraction of sp³-hybridized carbons (Fsp3) is 0.357. The van der Waals surface area contributed by atoms with Crippen LogP contribution in [0.25, 0.3) is 22.2 Å². The summed E-state index contributed by atoms with van der Waals surface area (Å²) in [7, 11) is 0. The molecule has 0 bridgehead atoms. The molecule has 1 aromatic heterocycles. The fourth-order valence-corrected chi connectivity index (χ4v) is 4.65. The lowest BCUT2D eigenvalue weighted by molar-refractivity contribution is -0.144. The third-order valence-electron chi connectivity index (χ3n) is 6.35. The number of carbonyl (C=O) groups excluding carboxylic acids is 2. The molecular formula is C28H33ClN6O4. The van der Waals surface area contributed by atoms with Crippen molar-refractivity contribution in [3.8, 4) is 17.0 Å². The topological polar surface area (TPSA) is 123 Å². The molecule has 10 nitrogen and oxygen atoms in total. The van der Waals surface area contributed by atoms with Crippen LogP contribution in [0.1, 0.15) is 13.3 Å². The van der Waals surface area contributed by atoms with E-state index in [4.69, 9.17) is 26.8 Å². The molecule has 1 aliphatic rings. The number of halogens is 1. The molecule has 0 saturated carbocycles. The first-order valence-electron chi connectivity index (χ1n) is 12.9. The lowest BCUT2D eigenvalue weighted by Gasteiger charge is -2.34. The zero-order chi connectivity index (χ0) is 27.8. The number of anilines is 2. The summed E-state index contributed by atoms with van der Waals surface area (Å²) >= 11 is 6.21. The number of nitrogen functional groups attached to an aromatic ring is 1. The van der Waals surface area contributed by atoms with Crippen molar-refractivity contribution in [1.82, 2.24) is 19.8 Å². The minimum absolute atomic E-state index is 0.119. The Morgan fingerprint density at radius 2 is 1.92 bits per heavy atom. The molecule has 39 heavy (non-hydrogen) atoms. The van der Waals surface area contributed by atoms with Gasteiger partial charge in [-0.3, -0.25) is 14.5 Å². The number of nitrogens with two attached hydrogens (primary N) is 1. The highest BCUT2D eigenvalue weighted by molar-refractivity contribution is 6.30. The van der Waals surface area contributed by atoms with Gasteiger partial charge in [-0.25, -0.2) is 9.97 Å². The second-order valence-electron chi connectivity index (χ2n) is 9.12. The molecule has 4 rings (SSSR count). The Labute approximate surface area is 232 Å². The van der Waals surface area contributed by atoms with Crippen LogP contribution in [0.5, 0.6) is 5.75 Å². The van der Waals surface area contributed by atoms with Crippen LogP contribution < -0.4 is 15.8 Å². The Bertz CT molecular complexity index is 1340. The highest BCUT2D eigenvalue weighted by Gasteiger charge is 2.19. The van der Waals surface area contributed by atoms with Gasteiger partial charge in [-0.2, -0.15) is 0 Å². The summed E-state index contributed by atoms with van der Waals surface area (Å²) in [5.41, 5.74) is 8.48. The summed E-state index contributed by atoms with van der Waals surface area (Å²) in [6.07, 6.45) is 1.98. The molecule has 0 radical (unpaired) electrons. The van der Waals surface area contributed by atoms with Crippen molar-refractivity contribution in [1.29, 1.82) is 0 Å². The van der Waals surface area contributed by atoms with Crippen LogP contribution >= 0.6 is 11.6 Å². The van der Waals surface area contributed by atoms with E-state index in [-0.39, 0.29) is 17.8 Å². The highest BCUT2D eigenvalue weighted by atomic mass is 35.5. The molecule has 1 aliphatic heterocycles. The first kappa shape index (κ1) is 28.3. The maximum absolute atomic E-state index is 12.2. The molecule has 1 amide bonds. The van der Waals surface area contributed by atoms with Gasteiger partial charge in [-0.05, 0) is 37.6 Å². The molecule has 3 N–H and O–H groups in total. The van der Waals surface area contributed by atoms with Crippen LogP contribution in [-0.2, 0) is 14.3 Å². The molecule has 0 unspecified atom stereocenters. The summed E-state index contributed by atoms with van der Waals surface area (Å²) < 4.78 is 11.2. The third kappa shape index (κ3) is 7.66. The highest BCUT2D eigenvalue weighted by Crippen LogP contribution is 2.35. The zero-order valence-electron chi connectivity index (χ0n) is 22.0. The van der Waals surface area contributed by atoms with Gasteiger partial charge in [0.05, 0.1) is 36.7 Å². The van der Waals surface area contributed by atoms with Crippen LogP contribution in [0, 0.1) is 0 Å². The van der Waals surface area contributed by atoms with Gasteiger partial charge in [-0.15, -0.1) is 0 Å². The molecule has 1 fully saturated rings. The van der Waals surface area contributed by atoms with Crippen molar-refractivity contribution < 1.29 is 19.1 Å². The fourth-order valence-electron chi connectivity index (χ4n) is 4.46. The number of aromatic nitrogens is 2. The van der Waals surface area contributed by atoms with Crippen molar-refractivity contribution in [3.63, 3.8) is 0 Å². The summed E-state index contributed by atoms with van der Waals surface area (Å²) in [5, 5.41) is 4.09. The predicted molar refractivity (Wildman–Crippen MR) is 153 cm³/mol. The quantitative estimate of drug-likeness (QED) is 0.208. The van der Waals surface area contributed by atoms with E-state index in [2.05, 4.69) is 31.7 Å². The number of benzene rings is 2. The summed E-state index contributed by atoms with van der Waals surface area (Å²) in [6, 6.07) is 10.8. The molecule has 11 heteroatoms. The van der Waals surface area contributed by atoms with Crippen molar-refractivity contribution in [2.75, 3.05) is 63.5 Å². The average molecular weight is 553 g/mol. The van der Waals surface area contributed by atoms with Crippen LogP contribution in [0.3, 0.4) is 0 Å².